The number of thioether (sulfide) groups is 1. The van der Waals surface area contributed by atoms with Crippen molar-refractivity contribution in [2.75, 3.05) is 6.61 Å². The topological polar surface area (TPSA) is 49.3 Å². The van der Waals surface area contributed by atoms with Gasteiger partial charge >= 0.3 is 0 Å². The van der Waals surface area contributed by atoms with Crippen LogP contribution >= 0.6 is 11.8 Å². The van der Waals surface area contributed by atoms with Crippen LogP contribution in [0.25, 0.3) is 0 Å². The minimum atomic E-state index is -0.0900. The van der Waals surface area contributed by atoms with E-state index in [0.717, 1.165) is 12.8 Å². The van der Waals surface area contributed by atoms with Crippen LogP contribution in [-0.2, 0) is 4.79 Å². The van der Waals surface area contributed by atoms with Gasteiger partial charge in [0.1, 0.15) is 0 Å². The van der Waals surface area contributed by atoms with Gasteiger partial charge < -0.3 is 10.4 Å². The number of amides is 1. The smallest absolute Gasteiger partial charge is 0.233 e. The number of aliphatic hydroxyl groups excluding tert-OH is 1. The molecule has 0 aliphatic heterocycles. The molecular formula is C11H23NO2S. The van der Waals surface area contributed by atoms with E-state index in [1.165, 1.54) is 11.8 Å². The maximum atomic E-state index is 11.7. The molecule has 0 fully saturated rings. The molecule has 0 saturated heterocycles. The van der Waals surface area contributed by atoms with Crippen molar-refractivity contribution >= 4 is 17.7 Å². The van der Waals surface area contributed by atoms with E-state index < -0.39 is 0 Å². The average Bonchev–Trinajstić information content (AvgIpc) is 2.24. The summed E-state index contributed by atoms with van der Waals surface area (Å²) in [6.07, 6.45) is 1.93. The van der Waals surface area contributed by atoms with Crippen LogP contribution in [0.1, 0.15) is 40.5 Å². The minimum absolute atomic E-state index is 0.0778. The Morgan fingerprint density at radius 1 is 1.33 bits per heavy atom. The molecule has 0 aromatic heterocycles. The molecule has 2 atom stereocenters. The largest absolute Gasteiger partial charge is 0.395 e. The van der Waals surface area contributed by atoms with Crippen LogP contribution in [0.3, 0.4) is 0 Å². The molecule has 0 bridgehead atoms. The molecule has 15 heavy (non-hydrogen) atoms. The molecule has 0 aromatic carbocycles. The lowest BCUT2D eigenvalue weighted by atomic mass is 10.2. The van der Waals surface area contributed by atoms with Crippen molar-refractivity contribution in [3.63, 3.8) is 0 Å². The number of hydrogen-bond acceptors (Lipinski definition) is 3. The molecule has 0 aliphatic carbocycles. The number of nitrogens with one attached hydrogen (secondary N) is 1. The Morgan fingerprint density at radius 3 is 2.27 bits per heavy atom. The number of rotatable bonds is 7. The van der Waals surface area contributed by atoms with Gasteiger partial charge in [-0.2, -0.15) is 0 Å². The van der Waals surface area contributed by atoms with Crippen molar-refractivity contribution in [2.45, 2.75) is 57.1 Å². The predicted molar refractivity (Wildman–Crippen MR) is 66.1 cm³/mol. The van der Waals surface area contributed by atoms with Gasteiger partial charge in [0.25, 0.3) is 0 Å². The third-order valence-corrected chi connectivity index (χ3v) is 3.63. The van der Waals surface area contributed by atoms with Gasteiger partial charge in [-0.1, -0.05) is 20.8 Å². The fourth-order valence-corrected chi connectivity index (χ4v) is 2.24. The maximum Gasteiger partial charge on any atom is 0.233 e. The van der Waals surface area contributed by atoms with Gasteiger partial charge in [0.2, 0.25) is 5.91 Å². The Balaban J connectivity index is 3.97. The second-order valence-electron chi connectivity index (χ2n) is 3.79. The summed E-state index contributed by atoms with van der Waals surface area (Å²) >= 11 is 1.51. The second kappa shape index (κ2) is 7.99. The molecule has 0 aliphatic rings. The van der Waals surface area contributed by atoms with E-state index in [9.17, 15) is 4.79 Å². The molecule has 4 heteroatoms. The Morgan fingerprint density at radius 2 is 1.87 bits per heavy atom. The Hall–Kier alpha value is -0.220. The monoisotopic (exact) mass is 233 g/mol. The van der Waals surface area contributed by atoms with Gasteiger partial charge in [0.15, 0.2) is 0 Å². The summed E-state index contributed by atoms with van der Waals surface area (Å²) < 4.78 is 0. The highest BCUT2D eigenvalue weighted by Gasteiger charge is 2.18. The maximum absolute atomic E-state index is 11.7. The molecule has 0 heterocycles. The standard InChI is InChI=1S/C11H23NO2S/c1-5-10(6-2)12-11(14)9(4)15-8(3)7-13/h8-10,13H,5-7H2,1-4H3,(H,12,14). The van der Waals surface area contributed by atoms with E-state index in [0.29, 0.717) is 0 Å². The van der Waals surface area contributed by atoms with Crippen molar-refractivity contribution < 1.29 is 9.90 Å². The average molecular weight is 233 g/mol. The van der Waals surface area contributed by atoms with Crippen molar-refractivity contribution in [3.8, 4) is 0 Å². The van der Waals surface area contributed by atoms with Gasteiger partial charge in [0, 0.05) is 11.3 Å². The number of aliphatic hydroxyl groups is 1. The third-order valence-electron chi connectivity index (χ3n) is 2.39. The highest BCUT2D eigenvalue weighted by Crippen LogP contribution is 2.17. The summed E-state index contributed by atoms with van der Waals surface area (Å²) in [7, 11) is 0. The van der Waals surface area contributed by atoms with E-state index in [-0.39, 0.29) is 29.1 Å². The van der Waals surface area contributed by atoms with Gasteiger partial charge in [-0.3, -0.25) is 4.79 Å². The van der Waals surface area contributed by atoms with Crippen LogP contribution in [-0.4, -0.2) is 34.2 Å². The molecule has 90 valence electrons. The first-order chi connectivity index (χ1) is 7.04. The van der Waals surface area contributed by atoms with E-state index in [2.05, 4.69) is 19.2 Å². The third kappa shape index (κ3) is 6.05. The van der Waals surface area contributed by atoms with Crippen molar-refractivity contribution in [1.82, 2.24) is 5.32 Å². The fourth-order valence-electron chi connectivity index (χ4n) is 1.26. The van der Waals surface area contributed by atoms with Gasteiger partial charge in [-0.15, -0.1) is 11.8 Å². The zero-order chi connectivity index (χ0) is 11.8. The first-order valence-electron chi connectivity index (χ1n) is 5.61. The highest BCUT2D eigenvalue weighted by atomic mass is 32.2. The fraction of sp³-hybridized carbons (Fsp3) is 0.909. The van der Waals surface area contributed by atoms with E-state index in [1.54, 1.807) is 0 Å². The first-order valence-corrected chi connectivity index (χ1v) is 6.56. The number of carbonyl (C=O) groups excluding carboxylic acids is 1. The van der Waals surface area contributed by atoms with Crippen LogP contribution < -0.4 is 5.32 Å². The van der Waals surface area contributed by atoms with E-state index in [4.69, 9.17) is 5.11 Å². The normalized spacial score (nSPS) is 15.1. The van der Waals surface area contributed by atoms with Crippen LogP contribution in [0.4, 0.5) is 0 Å². The lowest BCUT2D eigenvalue weighted by molar-refractivity contribution is -0.121. The second-order valence-corrected chi connectivity index (χ2v) is 5.58. The Labute approximate surface area is 97.0 Å². The Bertz CT molecular complexity index is 183. The van der Waals surface area contributed by atoms with E-state index >= 15 is 0 Å². The molecule has 0 radical (unpaired) electrons. The number of hydrogen-bond donors (Lipinski definition) is 2. The van der Waals surface area contributed by atoms with Crippen LogP contribution in [0, 0.1) is 0 Å². The molecule has 2 N–H and O–H groups in total. The van der Waals surface area contributed by atoms with Crippen LogP contribution in [0.15, 0.2) is 0 Å². The zero-order valence-electron chi connectivity index (χ0n) is 10.1. The SMILES string of the molecule is CCC(CC)NC(=O)C(C)SC(C)CO. The summed E-state index contributed by atoms with van der Waals surface area (Å²) in [4.78, 5) is 11.7. The summed E-state index contributed by atoms with van der Waals surface area (Å²) in [6, 6.07) is 0.282. The quantitative estimate of drug-likeness (QED) is 0.705. The molecule has 2 unspecified atom stereocenters. The van der Waals surface area contributed by atoms with Crippen molar-refractivity contribution in [2.24, 2.45) is 0 Å². The van der Waals surface area contributed by atoms with Crippen molar-refractivity contribution in [1.29, 1.82) is 0 Å². The minimum Gasteiger partial charge on any atom is -0.395 e. The molecular weight excluding hydrogens is 210 g/mol. The molecule has 3 nitrogen and oxygen atoms in total. The summed E-state index contributed by atoms with van der Waals surface area (Å²) in [5.74, 6) is 0.0778. The lowest BCUT2D eigenvalue weighted by Crippen LogP contribution is -2.39. The molecule has 0 spiro atoms. The van der Waals surface area contributed by atoms with Crippen LogP contribution in [0.5, 0.6) is 0 Å². The first kappa shape index (κ1) is 14.8. The Kier molecular flexibility index (Phi) is 7.88. The van der Waals surface area contributed by atoms with E-state index in [1.807, 2.05) is 13.8 Å². The summed E-state index contributed by atoms with van der Waals surface area (Å²) in [5, 5.41) is 11.9. The zero-order valence-corrected chi connectivity index (χ0v) is 10.9. The van der Waals surface area contributed by atoms with Crippen LogP contribution in [0.2, 0.25) is 0 Å². The molecule has 0 saturated carbocycles. The summed E-state index contributed by atoms with van der Waals surface area (Å²) in [6.45, 7) is 8.07. The van der Waals surface area contributed by atoms with Gasteiger partial charge in [-0.05, 0) is 19.8 Å². The summed E-state index contributed by atoms with van der Waals surface area (Å²) in [5.41, 5.74) is 0. The molecule has 0 aromatic rings. The van der Waals surface area contributed by atoms with Gasteiger partial charge in [0.05, 0.1) is 11.9 Å². The molecule has 1 amide bonds. The number of carbonyl (C=O) groups is 1. The lowest BCUT2D eigenvalue weighted by Gasteiger charge is -2.19. The van der Waals surface area contributed by atoms with Gasteiger partial charge in [-0.25, -0.2) is 0 Å². The highest BCUT2D eigenvalue weighted by molar-refractivity contribution is 8.01. The van der Waals surface area contributed by atoms with Crippen molar-refractivity contribution in [3.05, 3.63) is 0 Å². The predicted octanol–water partition coefficient (Wildman–Crippen LogP) is 1.79. The molecule has 0 rings (SSSR count).